The third kappa shape index (κ3) is 3.71. The molecule has 0 atom stereocenters. The minimum Gasteiger partial charge on any atom is -0.390 e. The lowest BCUT2D eigenvalue weighted by Crippen LogP contribution is -2.10. The van der Waals surface area contributed by atoms with Crippen LogP contribution in [0.5, 0.6) is 0 Å². The summed E-state index contributed by atoms with van der Waals surface area (Å²) in [4.78, 5) is 9.49. The van der Waals surface area contributed by atoms with Gasteiger partial charge in [0.15, 0.2) is 0 Å². The molecule has 1 aromatic heterocycles. The molecule has 0 aliphatic carbocycles. The molecular formula is C14H11F3N2OS. The predicted octanol–water partition coefficient (Wildman–Crippen LogP) is 4.07. The molecule has 3 nitrogen and oxygen atoms in total. The summed E-state index contributed by atoms with van der Waals surface area (Å²) in [5.41, 5.74) is -0.0109. The Morgan fingerprint density at radius 2 is 1.86 bits per heavy atom. The van der Waals surface area contributed by atoms with Crippen LogP contribution in [-0.2, 0) is 11.0 Å². The van der Waals surface area contributed by atoms with E-state index in [0.717, 1.165) is 12.1 Å². The first-order valence-corrected chi connectivity index (χ1v) is 6.65. The lowest BCUT2D eigenvalue weighted by molar-refractivity contribution is -0.137. The van der Waals surface area contributed by atoms with E-state index in [1.54, 1.807) is 12.1 Å². The lowest BCUT2D eigenvalue weighted by atomic mass is 10.1. The van der Waals surface area contributed by atoms with Gasteiger partial charge >= 0.3 is 6.18 Å². The average Bonchev–Trinajstić information content (AvgIpc) is 2.97. The van der Waals surface area contributed by atoms with Gasteiger partial charge in [-0.15, -0.1) is 11.3 Å². The van der Waals surface area contributed by atoms with E-state index in [2.05, 4.69) is 16.4 Å². The van der Waals surface area contributed by atoms with Crippen LogP contribution in [0.15, 0.2) is 53.3 Å². The molecule has 110 valence electrons. The number of nitrogens with two attached hydrogens (primary N) is 1. The van der Waals surface area contributed by atoms with Gasteiger partial charge in [-0.2, -0.15) is 19.1 Å². The van der Waals surface area contributed by atoms with E-state index in [0.29, 0.717) is 10.4 Å². The topological polar surface area (TPSA) is 47.6 Å². The maximum atomic E-state index is 12.5. The number of thiophene rings is 1. The van der Waals surface area contributed by atoms with Crippen molar-refractivity contribution in [3.8, 4) is 0 Å². The number of alkyl halides is 3. The molecular weight excluding hydrogens is 301 g/mol. The zero-order valence-electron chi connectivity index (χ0n) is 10.7. The van der Waals surface area contributed by atoms with Crippen LogP contribution in [0.2, 0.25) is 0 Å². The Morgan fingerprint density at radius 1 is 1.19 bits per heavy atom. The number of hydrogen-bond donors (Lipinski definition) is 1. The zero-order chi connectivity index (χ0) is 15.5. The van der Waals surface area contributed by atoms with Crippen molar-refractivity contribution in [2.75, 3.05) is 0 Å². The van der Waals surface area contributed by atoms with Crippen LogP contribution in [-0.4, -0.2) is 5.90 Å². The second-order valence-electron chi connectivity index (χ2n) is 4.03. The van der Waals surface area contributed by atoms with Gasteiger partial charge in [-0.25, -0.2) is 4.99 Å². The van der Waals surface area contributed by atoms with Crippen molar-refractivity contribution < 1.29 is 18.0 Å². The average molecular weight is 312 g/mol. The van der Waals surface area contributed by atoms with Crippen LogP contribution in [0.4, 0.5) is 13.2 Å². The Bertz CT molecular complexity index is 646. The largest absolute Gasteiger partial charge is 0.416 e. The number of hydrogen-bond acceptors (Lipinski definition) is 4. The fourth-order valence-electron chi connectivity index (χ4n) is 1.58. The summed E-state index contributed by atoms with van der Waals surface area (Å²) in [6.07, 6.45) is -4.37. The Morgan fingerprint density at radius 3 is 2.33 bits per heavy atom. The van der Waals surface area contributed by atoms with Gasteiger partial charge < -0.3 is 4.84 Å². The van der Waals surface area contributed by atoms with Gasteiger partial charge in [-0.05, 0) is 29.1 Å². The van der Waals surface area contributed by atoms with Crippen LogP contribution < -0.4 is 5.90 Å². The van der Waals surface area contributed by atoms with Crippen molar-refractivity contribution in [1.82, 2.24) is 0 Å². The molecule has 0 fully saturated rings. The molecule has 2 N–H and O–H groups in total. The zero-order valence-corrected chi connectivity index (χ0v) is 11.5. The third-order valence-electron chi connectivity index (χ3n) is 2.63. The Labute approximate surface area is 123 Å². The summed E-state index contributed by atoms with van der Waals surface area (Å²) in [5.74, 6) is 5.32. The highest BCUT2D eigenvalue weighted by Crippen LogP contribution is 2.30. The summed E-state index contributed by atoms with van der Waals surface area (Å²) < 4.78 is 37.5. The monoisotopic (exact) mass is 312 g/mol. The van der Waals surface area contributed by atoms with Crippen LogP contribution in [0.1, 0.15) is 16.0 Å². The molecule has 21 heavy (non-hydrogen) atoms. The first-order valence-electron chi connectivity index (χ1n) is 5.77. The van der Waals surface area contributed by atoms with Crippen molar-refractivity contribution in [2.45, 2.75) is 6.18 Å². The third-order valence-corrected chi connectivity index (χ3v) is 3.48. The van der Waals surface area contributed by atoms with Gasteiger partial charge in [0.2, 0.25) is 0 Å². The summed E-state index contributed by atoms with van der Waals surface area (Å²) in [6, 6.07) is 8.12. The standard InChI is InChI=1S/C14H11F3N2OS/c1-9(19-13(20-18)12-3-2-8-21-12)10-4-6-11(7-5-10)14(15,16)17/h2-8H,1,18H2. The molecule has 1 heterocycles. The molecule has 0 aliphatic rings. The molecule has 1 aromatic carbocycles. The van der Waals surface area contributed by atoms with Crippen LogP contribution >= 0.6 is 11.3 Å². The van der Waals surface area contributed by atoms with Crippen molar-refractivity contribution >= 4 is 22.9 Å². The lowest BCUT2D eigenvalue weighted by Gasteiger charge is -2.08. The number of rotatable bonds is 3. The van der Waals surface area contributed by atoms with Crippen LogP contribution in [0, 0.1) is 0 Å². The molecule has 0 radical (unpaired) electrons. The molecule has 7 heteroatoms. The Balaban J connectivity index is 2.24. The highest BCUT2D eigenvalue weighted by atomic mass is 32.1. The molecule has 0 saturated heterocycles. The molecule has 2 rings (SSSR count). The van der Waals surface area contributed by atoms with Crippen molar-refractivity contribution in [3.05, 3.63) is 64.4 Å². The summed E-state index contributed by atoms with van der Waals surface area (Å²) >= 11 is 1.37. The smallest absolute Gasteiger partial charge is 0.390 e. The summed E-state index contributed by atoms with van der Waals surface area (Å²) in [7, 11) is 0. The van der Waals surface area contributed by atoms with E-state index in [1.165, 1.54) is 23.5 Å². The number of aliphatic imine (C=N–C) groups is 1. The second-order valence-corrected chi connectivity index (χ2v) is 4.98. The van der Waals surface area contributed by atoms with Gasteiger partial charge in [0, 0.05) is 0 Å². The highest BCUT2D eigenvalue weighted by Gasteiger charge is 2.30. The first kappa shape index (κ1) is 15.3. The number of halogens is 3. The molecule has 0 spiro atoms. The van der Waals surface area contributed by atoms with E-state index < -0.39 is 11.7 Å². The van der Waals surface area contributed by atoms with E-state index in [-0.39, 0.29) is 11.6 Å². The minimum atomic E-state index is -4.37. The first-order chi connectivity index (χ1) is 9.91. The van der Waals surface area contributed by atoms with Crippen LogP contribution in [0.25, 0.3) is 5.70 Å². The van der Waals surface area contributed by atoms with Gasteiger partial charge in [0.05, 0.1) is 16.1 Å². The highest BCUT2D eigenvalue weighted by molar-refractivity contribution is 7.12. The number of nitrogens with zero attached hydrogens (tertiary/aromatic N) is 1. The summed E-state index contributed by atoms with van der Waals surface area (Å²) in [6.45, 7) is 3.71. The maximum absolute atomic E-state index is 12.5. The van der Waals surface area contributed by atoms with Gasteiger partial charge in [0.1, 0.15) is 0 Å². The molecule has 0 unspecified atom stereocenters. The quantitative estimate of drug-likeness (QED) is 0.527. The van der Waals surface area contributed by atoms with Crippen molar-refractivity contribution in [3.63, 3.8) is 0 Å². The number of benzene rings is 1. The van der Waals surface area contributed by atoms with Crippen molar-refractivity contribution in [1.29, 1.82) is 0 Å². The Hall–Kier alpha value is -2.12. The summed E-state index contributed by atoms with van der Waals surface area (Å²) in [5, 5.41) is 1.82. The van der Waals surface area contributed by atoms with E-state index >= 15 is 0 Å². The van der Waals surface area contributed by atoms with Crippen LogP contribution in [0.3, 0.4) is 0 Å². The fraction of sp³-hybridized carbons (Fsp3) is 0.0714. The normalized spacial score (nSPS) is 12.3. The van der Waals surface area contributed by atoms with E-state index in [9.17, 15) is 13.2 Å². The maximum Gasteiger partial charge on any atom is 0.416 e. The van der Waals surface area contributed by atoms with Gasteiger partial charge in [-0.3, -0.25) is 0 Å². The van der Waals surface area contributed by atoms with E-state index in [1.807, 2.05) is 5.38 Å². The predicted molar refractivity (Wildman–Crippen MR) is 76.6 cm³/mol. The molecule has 0 aliphatic heterocycles. The van der Waals surface area contributed by atoms with E-state index in [4.69, 9.17) is 5.90 Å². The fourth-order valence-corrected chi connectivity index (χ4v) is 2.23. The molecule has 0 amide bonds. The molecule has 2 aromatic rings. The van der Waals surface area contributed by atoms with Gasteiger partial charge in [0.25, 0.3) is 5.90 Å². The SMILES string of the molecule is C=C(N=C(ON)c1cccs1)c1ccc(C(F)(F)F)cc1. The minimum absolute atomic E-state index is 0.162. The van der Waals surface area contributed by atoms with Gasteiger partial charge in [-0.1, -0.05) is 24.8 Å². The second kappa shape index (κ2) is 6.11. The Kier molecular flexibility index (Phi) is 4.44. The molecule has 0 saturated carbocycles. The molecule has 0 bridgehead atoms. The van der Waals surface area contributed by atoms with Crippen molar-refractivity contribution in [2.24, 2.45) is 10.9 Å².